The second-order valence-electron chi connectivity index (χ2n) is 6.08. The number of halogens is 1. The number of carbonyl (C=O) groups excluding carboxylic acids is 1. The minimum Gasteiger partial charge on any atom is -0.394 e. The van der Waals surface area contributed by atoms with Gasteiger partial charge in [0.15, 0.2) is 0 Å². The van der Waals surface area contributed by atoms with E-state index >= 15 is 0 Å². The van der Waals surface area contributed by atoms with Crippen molar-refractivity contribution >= 4 is 17.5 Å². The Bertz CT molecular complexity index is 657. The highest BCUT2D eigenvalue weighted by atomic mass is 35.5. The number of hydrogen-bond acceptors (Lipinski definition) is 2. The molecule has 0 spiro atoms. The van der Waals surface area contributed by atoms with E-state index in [1.807, 2.05) is 54.6 Å². The van der Waals surface area contributed by atoms with Crippen LogP contribution in [0.2, 0.25) is 5.02 Å². The van der Waals surface area contributed by atoms with E-state index in [-0.39, 0.29) is 30.4 Å². The van der Waals surface area contributed by atoms with Crippen molar-refractivity contribution in [3.63, 3.8) is 0 Å². The van der Waals surface area contributed by atoms with Crippen LogP contribution in [0.1, 0.15) is 23.5 Å². The first-order valence-electron chi connectivity index (χ1n) is 7.88. The van der Waals surface area contributed by atoms with Gasteiger partial charge in [0.25, 0.3) is 0 Å². The molecule has 2 N–H and O–H groups in total. The van der Waals surface area contributed by atoms with Crippen molar-refractivity contribution in [1.82, 2.24) is 5.32 Å². The number of amides is 1. The van der Waals surface area contributed by atoms with E-state index in [0.717, 1.165) is 17.5 Å². The molecule has 0 heterocycles. The van der Waals surface area contributed by atoms with Crippen LogP contribution in [0.5, 0.6) is 0 Å². The number of aliphatic hydroxyl groups excluding tert-OH is 1. The van der Waals surface area contributed by atoms with Gasteiger partial charge in [-0.2, -0.15) is 0 Å². The molecule has 0 aliphatic heterocycles. The molecule has 3 unspecified atom stereocenters. The van der Waals surface area contributed by atoms with Crippen LogP contribution in [0.15, 0.2) is 54.6 Å². The summed E-state index contributed by atoms with van der Waals surface area (Å²) in [7, 11) is 0. The van der Waals surface area contributed by atoms with E-state index in [0.29, 0.717) is 11.4 Å². The summed E-state index contributed by atoms with van der Waals surface area (Å²) < 4.78 is 0. The third kappa shape index (κ3) is 4.12. The molecule has 3 rings (SSSR count). The van der Waals surface area contributed by atoms with E-state index < -0.39 is 0 Å². The van der Waals surface area contributed by atoms with Crippen molar-refractivity contribution in [3.8, 4) is 0 Å². The summed E-state index contributed by atoms with van der Waals surface area (Å²) in [6.07, 6.45) is 1.50. The maximum Gasteiger partial charge on any atom is 0.224 e. The molecule has 1 aliphatic rings. The lowest BCUT2D eigenvalue weighted by molar-refractivity contribution is -0.123. The summed E-state index contributed by atoms with van der Waals surface area (Å²) in [5.74, 6) is 0.296. The molecule has 2 aromatic carbocycles. The Morgan fingerprint density at radius 2 is 1.87 bits per heavy atom. The van der Waals surface area contributed by atoms with Crippen LogP contribution >= 0.6 is 11.6 Å². The van der Waals surface area contributed by atoms with E-state index in [2.05, 4.69) is 5.32 Å². The quantitative estimate of drug-likeness (QED) is 0.855. The van der Waals surface area contributed by atoms with Crippen LogP contribution in [-0.4, -0.2) is 23.7 Å². The summed E-state index contributed by atoms with van der Waals surface area (Å²) >= 11 is 5.89. The summed E-state index contributed by atoms with van der Waals surface area (Å²) in [5, 5.41) is 13.2. The fourth-order valence-electron chi connectivity index (χ4n) is 2.93. The molecule has 23 heavy (non-hydrogen) atoms. The molecule has 1 aliphatic carbocycles. The largest absolute Gasteiger partial charge is 0.394 e. The molecule has 0 radical (unpaired) electrons. The van der Waals surface area contributed by atoms with Gasteiger partial charge in [0.2, 0.25) is 5.91 Å². The molecule has 1 amide bonds. The Morgan fingerprint density at radius 3 is 2.52 bits per heavy atom. The van der Waals surface area contributed by atoms with Crippen LogP contribution < -0.4 is 5.32 Å². The van der Waals surface area contributed by atoms with Gasteiger partial charge >= 0.3 is 0 Å². The second-order valence-corrected chi connectivity index (χ2v) is 6.51. The number of carbonyl (C=O) groups is 1. The Hall–Kier alpha value is -1.84. The van der Waals surface area contributed by atoms with E-state index in [1.54, 1.807) is 0 Å². The lowest BCUT2D eigenvalue weighted by Crippen LogP contribution is -2.40. The highest BCUT2D eigenvalue weighted by molar-refractivity contribution is 6.30. The predicted molar refractivity (Wildman–Crippen MR) is 91.5 cm³/mol. The van der Waals surface area contributed by atoms with Gasteiger partial charge in [-0.1, -0.05) is 54.1 Å². The molecule has 120 valence electrons. The zero-order valence-corrected chi connectivity index (χ0v) is 13.5. The van der Waals surface area contributed by atoms with E-state index in [9.17, 15) is 9.90 Å². The van der Waals surface area contributed by atoms with Crippen molar-refractivity contribution in [1.29, 1.82) is 0 Å². The van der Waals surface area contributed by atoms with Gasteiger partial charge in [0.1, 0.15) is 0 Å². The average molecular weight is 330 g/mol. The first-order valence-corrected chi connectivity index (χ1v) is 8.26. The van der Waals surface area contributed by atoms with Crippen molar-refractivity contribution in [3.05, 3.63) is 70.7 Å². The van der Waals surface area contributed by atoms with Crippen LogP contribution in [0.4, 0.5) is 0 Å². The van der Waals surface area contributed by atoms with Crippen LogP contribution in [0, 0.1) is 5.92 Å². The Kier molecular flexibility index (Phi) is 4.99. The van der Waals surface area contributed by atoms with Crippen molar-refractivity contribution in [2.24, 2.45) is 5.92 Å². The molecule has 0 saturated heterocycles. The van der Waals surface area contributed by atoms with Gasteiger partial charge in [0, 0.05) is 10.9 Å². The van der Waals surface area contributed by atoms with Gasteiger partial charge in [-0.05, 0) is 42.0 Å². The predicted octanol–water partition coefficient (Wildman–Crippen LogP) is 3.16. The van der Waals surface area contributed by atoms with Crippen molar-refractivity contribution in [2.45, 2.75) is 24.8 Å². The lowest BCUT2D eigenvalue weighted by Gasteiger charge is -2.16. The number of benzene rings is 2. The first-order chi connectivity index (χ1) is 11.2. The molecule has 1 saturated carbocycles. The summed E-state index contributed by atoms with van der Waals surface area (Å²) in [6, 6.07) is 17.3. The molecule has 0 aromatic heterocycles. The number of aliphatic hydroxyl groups is 1. The Labute approximate surface area is 141 Å². The smallest absolute Gasteiger partial charge is 0.224 e. The summed E-state index contributed by atoms with van der Waals surface area (Å²) in [4.78, 5) is 12.4. The minimum absolute atomic E-state index is 0.000925. The topological polar surface area (TPSA) is 49.3 Å². The fraction of sp³-hybridized carbons (Fsp3) is 0.316. The van der Waals surface area contributed by atoms with Crippen molar-refractivity contribution < 1.29 is 9.90 Å². The molecule has 4 heteroatoms. The second kappa shape index (κ2) is 7.16. The molecule has 3 nitrogen and oxygen atoms in total. The normalized spacial score (nSPS) is 20.8. The van der Waals surface area contributed by atoms with Gasteiger partial charge in [-0.15, -0.1) is 0 Å². The van der Waals surface area contributed by atoms with Gasteiger partial charge in [-0.25, -0.2) is 0 Å². The lowest BCUT2D eigenvalue weighted by atomic mass is 10.1. The molecule has 1 fully saturated rings. The minimum atomic E-state index is -0.239. The third-order valence-electron chi connectivity index (χ3n) is 4.32. The van der Waals surface area contributed by atoms with Gasteiger partial charge in [0.05, 0.1) is 12.6 Å². The zero-order chi connectivity index (χ0) is 16.2. The summed E-state index contributed by atoms with van der Waals surface area (Å²) in [5.41, 5.74) is 2.26. The highest BCUT2D eigenvalue weighted by Crippen LogP contribution is 2.47. The molecule has 3 atom stereocenters. The first kappa shape index (κ1) is 16.0. The average Bonchev–Trinajstić information content (AvgIpc) is 3.36. The zero-order valence-electron chi connectivity index (χ0n) is 12.8. The molecular formula is C19H20ClNO2. The van der Waals surface area contributed by atoms with Gasteiger partial charge < -0.3 is 10.4 Å². The van der Waals surface area contributed by atoms with E-state index in [1.165, 1.54) is 0 Å². The SMILES string of the molecule is O=C(NC(CO)Cc1ccccc1)C1CC1c1ccc(Cl)cc1. The maximum absolute atomic E-state index is 12.4. The molecule has 0 bridgehead atoms. The Morgan fingerprint density at radius 1 is 1.17 bits per heavy atom. The molecule has 2 aromatic rings. The monoisotopic (exact) mass is 329 g/mol. The van der Waals surface area contributed by atoms with E-state index in [4.69, 9.17) is 11.6 Å². The van der Waals surface area contributed by atoms with Crippen molar-refractivity contribution in [2.75, 3.05) is 6.61 Å². The highest BCUT2D eigenvalue weighted by Gasteiger charge is 2.44. The molecular weight excluding hydrogens is 310 g/mol. The third-order valence-corrected chi connectivity index (χ3v) is 4.57. The van der Waals surface area contributed by atoms with Gasteiger partial charge in [-0.3, -0.25) is 4.79 Å². The number of hydrogen-bond donors (Lipinski definition) is 2. The van der Waals surface area contributed by atoms with Crippen LogP contribution in [0.25, 0.3) is 0 Å². The standard InChI is InChI=1S/C19H20ClNO2/c20-15-8-6-14(7-9-15)17-11-18(17)19(23)21-16(12-22)10-13-4-2-1-3-5-13/h1-9,16-18,22H,10-12H2,(H,21,23). The van der Waals surface area contributed by atoms with Crippen LogP contribution in [0.3, 0.4) is 0 Å². The number of nitrogens with one attached hydrogen (secondary N) is 1. The number of rotatable bonds is 6. The fourth-order valence-corrected chi connectivity index (χ4v) is 3.06. The summed E-state index contributed by atoms with van der Waals surface area (Å²) in [6.45, 7) is -0.0566. The van der Waals surface area contributed by atoms with Crippen LogP contribution in [-0.2, 0) is 11.2 Å². The Balaban J connectivity index is 1.55. The maximum atomic E-state index is 12.4.